The third kappa shape index (κ3) is 3.69. The Hall–Kier alpha value is -1.09. The number of nitrogens with zero attached hydrogens (tertiary/aromatic N) is 1. The number of hydrogen-bond acceptors (Lipinski definition) is 2. The molecule has 0 radical (unpaired) electrons. The van der Waals surface area contributed by atoms with Crippen LogP contribution in [0.5, 0.6) is 0 Å². The molecule has 3 nitrogen and oxygen atoms in total. The van der Waals surface area contributed by atoms with Crippen LogP contribution in [-0.4, -0.2) is 23.1 Å². The first kappa shape index (κ1) is 14.3. The first-order valence-corrected chi connectivity index (χ1v) is 7.13. The summed E-state index contributed by atoms with van der Waals surface area (Å²) in [6.45, 7) is 7.05. The number of Topliss-reactive ketones (excluding diaryl/α,β-unsaturated/α-hetero) is 1. The first-order valence-electron chi connectivity index (χ1n) is 7.13. The summed E-state index contributed by atoms with van der Waals surface area (Å²) >= 11 is 0. The lowest BCUT2D eigenvalue weighted by atomic mass is 9.71. The van der Waals surface area contributed by atoms with E-state index in [2.05, 4.69) is 20.8 Å². The zero-order valence-corrected chi connectivity index (χ0v) is 12.5. The molecule has 0 bridgehead atoms. The van der Waals surface area contributed by atoms with Gasteiger partial charge in [-0.15, -0.1) is 0 Å². The Balaban J connectivity index is 1.89. The molecule has 2 unspecified atom stereocenters. The highest BCUT2D eigenvalue weighted by molar-refractivity contribution is 5.95. The van der Waals surface area contributed by atoms with Crippen LogP contribution in [0.25, 0.3) is 0 Å². The molecule has 1 aromatic heterocycles. The van der Waals surface area contributed by atoms with Crippen LogP contribution in [0.4, 0.5) is 0 Å². The van der Waals surface area contributed by atoms with Crippen LogP contribution >= 0.6 is 0 Å². The van der Waals surface area contributed by atoms with Crippen LogP contribution in [0.2, 0.25) is 0 Å². The lowest BCUT2D eigenvalue weighted by molar-refractivity contribution is -0.0169. The van der Waals surface area contributed by atoms with Crippen LogP contribution < -0.4 is 0 Å². The first-order chi connectivity index (χ1) is 8.87. The Bertz CT molecular complexity index is 447. The molecule has 1 saturated carbocycles. The lowest BCUT2D eigenvalue weighted by Gasteiger charge is -2.38. The fraction of sp³-hybridized carbons (Fsp3) is 0.688. The minimum Gasteiger partial charge on any atom is -0.370 e. The van der Waals surface area contributed by atoms with Gasteiger partial charge in [-0.3, -0.25) is 4.79 Å². The van der Waals surface area contributed by atoms with Gasteiger partial charge in [0.15, 0.2) is 0 Å². The van der Waals surface area contributed by atoms with Crippen molar-refractivity contribution >= 4 is 5.78 Å². The lowest BCUT2D eigenvalue weighted by Crippen LogP contribution is -2.33. The van der Waals surface area contributed by atoms with E-state index in [9.17, 15) is 4.79 Å². The van der Waals surface area contributed by atoms with Gasteiger partial charge in [0.05, 0.1) is 11.8 Å². The summed E-state index contributed by atoms with van der Waals surface area (Å²) in [5, 5.41) is 0. The quantitative estimate of drug-likeness (QED) is 0.779. The standard InChI is InChI=1S/C16H25NO2/c1-12-8-13(10-16(2,3)9-12)19-11-15(18)14-6-5-7-17(14)4/h5-7,12-13H,8-11H2,1-4H3. The van der Waals surface area contributed by atoms with E-state index in [0.29, 0.717) is 11.3 Å². The van der Waals surface area contributed by atoms with Crippen molar-refractivity contribution < 1.29 is 9.53 Å². The molecule has 1 aliphatic carbocycles. The van der Waals surface area contributed by atoms with Gasteiger partial charge in [0, 0.05) is 13.2 Å². The summed E-state index contributed by atoms with van der Waals surface area (Å²) < 4.78 is 7.71. The van der Waals surface area contributed by atoms with E-state index in [4.69, 9.17) is 4.74 Å². The molecule has 2 atom stereocenters. The molecular weight excluding hydrogens is 238 g/mol. The third-order valence-electron chi connectivity index (χ3n) is 4.03. The minimum atomic E-state index is 0.0727. The fourth-order valence-corrected chi connectivity index (χ4v) is 3.40. The zero-order chi connectivity index (χ0) is 14.0. The van der Waals surface area contributed by atoms with Gasteiger partial charge in [-0.1, -0.05) is 20.8 Å². The highest BCUT2D eigenvalue weighted by Gasteiger charge is 2.32. The number of rotatable bonds is 4. The van der Waals surface area contributed by atoms with Crippen LogP contribution in [0.3, 0.4) is 0 Å². The highest BCUT2D eigenvalue weighted by Crippen LogP contribution is 2.39. The van der Waals surface area contributed by atoms with Gasteiger partial charge < -0.3 is 9.30 Å². The van der Waals surface area contributed by atoms with Crippen LogP contribution in [0.1, 0.15) is 50.5 Å². The molecule has 0 spiro atoms. The molecule has 1 fully saturated rings. The van der Waals surface area contributed by atoms with Crippen molar-refractivity contribution in [3.63, 3.8) is 0 Å². The smallest absolute Gasteiger partial charge is 0.204 e. The van der Waals surface area contributed by atoms with E-state index in [1.54, 1.807) is 0 Å². The average molecular weight is 263 g/mol. The Morgan fingerprint density at radius 1 is 1.47 bits per heavy atom. The second-order valence-electron chi connectivity index (χ2n) is 6.77. The molecule has 19 heavy (non-hydrogen) atoms. The van der Waals surface area contributed by atoms with Crippen molar-refractivity contribution in [3.05, 3.63) is 24.0 Å². The normalized spacial score (nSPS) is 26.3. The molecule has 1 aliphatic rings. The van der Waals surface area contributed by atoms with Crippen LogP contribution in [-0.2, 0) is 11.8 Å². The highest BCUT2D eigenvalue weighted by atomic mass is 16.5. The topological polar surface area (TPSA) is 31.2 Å². The summed E-state index contributed by atoms with van der Waals surface area (Å²) in [5.41, 5.74) is 1.05. The molecule has 106 valence electrons. The number of hydrogen-bond donors (Lipinski definition) is 0. The molecule has 2 rings (SSSR count). The Morgan fingerprint density at radius 3 is 2.79 bits per heavy atom. The van der Waals surface area contributed by atoms with Crippen molar-refractivity contribution in [2.24, 2.45) is 18.4 Å². The average Bonchev–Trinajstić information content (AvgIpc) is 2.69. The van der Waals surface area contributed by atoms with Crippen molar-refractivity contribution in [3.8, 4) is 0 Å². The predicted octanol–water partition coefficient (Wildman–Crippen LogP) is 3.44. The number of carbonyl (C=O) groups is 1. The summed E-state index contributed by atoms with van der Waals surface area (Å²) in [6.07, 6.45) is 5.49. The Kier molecular flexibility index (Phi) is 4.14. The third-order valence-corrected chi connectivity index (χ3v) is 4.03. The molecule has 1 aromatic rings. The molecular formula is C16H25NO2. The number of aromatic nitrogens is 1. The van der Waals surface area contributed by atoms with Crippen molar-refractivity contribution in [1.82, 2.24) is 4.57 Å². The van der Waals surface area contributed by atoms with Gasteiger partial charge in [-0.05, 0) is 42.7 Å². The van der Waals surface area contributed by atoms with Gasteiger partial charge in [0.25, 0.3) is 0 Å². The van der Waals surface area contributed by atoms with Crippen molar-refractivity contribution in [1.29, 1.82) is 0 Å². The largest absolute Gasteiger partial charge is 0.370 e. The van der Waals surface area contributed by atoms with Gasteiger partial charge in [0.1, 0.15) is 6.61 Å². The molecule has 0 aliphatic heterocycles. The van der Waals surface area contributed by atoms with Gasteiger partial charge in [0.2, 0.25) is 5.78 Å². The van der Waals surface area contributed by atoms with E-state index in [-0.39, 0.29) is 18.5 Å². The summed E-state index contributed by atoms with van der Waals surface area (Å²) in [4.78, 5) is 12.1. The second-order valence-corrected chi connectivity index (χ2v) is 6.77. The van der Waals surface area contributed by atoms with E-state index >= 15 is 0 Å². The van der Waals surface area contributed by atoms with E-state index in [1.807, 2.05) is 29.9 Å². The predicted molar refractivity (Wildman–Crippen MR) is 76.3 cm³/mol. The zero-order valence-electron chi connectivity index (χ0n) is 12.5. The van der Waals surface area contributed by atoms with Crippen molar-refractivity contribution in [2.45, 2.75) is 46.1 Å². The van der Waals surface area contributed by atoms with Gasteiger partial charge in [-0.25, -0.2) is 0 Å². The number of ether oxygens (including phenoxy) is 1. The number of ketones is 1. The fourth-order valence-electron chi connectivity index (χ4n) is 3.40. The summed E-state index contributed by atoms with van der Waals surface area (Å²) in [6, 6.07) is 3.73. The van der Waals surface area contributed by atoms with E-state index in [1.165, 1.54) is 6.42 Å². The van der Waals surface area contributed by atoms with E-state index < -0.39 is 0 Å². The maximum absolute atomic E-state index is 12.1. The van der Waals surface area contributed by atoms with Crippen LogP contribution in [0, 0.1) is 11.3 Å². The maximum atomic E-state index is 12.1. The SMILES string of the molecule is CC1CC(OCC(=O)c2cccn2C)CC(C)(C)C1. The molecule has 0 amide bonds. The molecule has 3 heteroatoms. The molecule has 0 aromatic carbocycles. The monoisotopic (exact) mass is 263 g/mol. The number of carbonyl (C=O) groups excluding carboxylic acids is 1. The number of aryl methyl sites for hydroxylation is 1. The van der Waals surface area contributed by atoms with E-state index in [0.717, 1.165) is 18.5 Å². The summed E-state index contributed by atoms with van der Waals surface area (Å²) in [7, 11) is 1.89. The summed E-state index contributed by atoms with van der Waals surface area (Å²) in [5.74, 6) is 0.752. The Labute approximate surface area is 115 Å². The second kappa shape index (κ2) is 5.49. The maximum Gasteiger partial charge on any atom is 0.204 e. The van der Waals surface area contributed by atoms with Gasteiger partial charge >= 0.3 is 0 Å². The van der Waals surface area contributed by atoms with Crippen molar-refractivity contribution in [2.75, 3.05) is 6.61 Å². The molecule has 0 saturated heterocycles. The van der Waals surface area contributed by atoms with Crippen LogP contribution in [0.15, 0.2) is 18.3 Å². The molecule has 0 N–H and O–H groups in total. The Morgan fingerprint density at radius 2 is 2.21 bits per heavy atom. The van der Waals surface area contributed by atoms with Gasteiger partial charge in [-0.2, -0.15) is 0 Å². The minimum absolute atomic E-state index is 0.0727. The molecule has 1 heterocycles.